The Morgan fingerprint density at radius 1 is 0.737 bits per heavy atom. The fourth-order valence-electron chi connectivity index (χ4n) is 1.03. The number of thiol groups is 2. The van der Waals surface area contributed by atoms with Crippen molar-refractivity contribution in [2.75, 3.05) is 11.5 Å². The van der Waals surface area contributed by atoms with Crippen LogP contribution in [0.3, 0.4) is 0 Å². The molecule has 2 radical (unpaired) electrons. The minimum Gasteiger partial charge on any atom is -0.398 e. The first kappa shape index (κ1) is 18.4. The highest BCUT2D eigenvalue weighted by atomic mass is 32.1. The van der Waals surface area contributed by atoms with E-state index in [1.807, 2.05) is 0 Å². The van der Waals surface area contributed by atoms with E-state index in [9.17, 15) is 8.78 Å². The van der Waals surface area contributed by atoms with Crippen LogP contribution in [0.25, 0.3) is 0 Å². The molecule has 0 heterocycles. The molecule has 0 saturated carbocycles. The summed E-state index contributed by atoms with van der Waals surface area (Å²) < 4.78 is 24.5. The molecule has 0 aromatic heterocycles. The molecule has 2 aromatic rings. The normalized spacial score (nSPS) is 9.05. The maximum atomic E-state index is 12.2. The molecule has 2 rings (SSSR count). The zero-order valence-electron chi connectivity index (χ0n) is 9.98. The van der Waals surface area contributed by atoms with Gasteiger partial charge in [-0.05, 0) is 36.4 Å². The molecule has 19 heavy (non-hydrogen) atoms. The van der Waals surface area contributed by atoms with Crippen LogP contribution in [0.2, 0.25) is 0 Å². The molecule has 0 bridgehead atoms. The second kappa shape index (κ2) is 8.52. The Bertz CT molecular complexity index is 504. The fourth-order valence-corrected chi connectivity index (χ4v) is 1.43. The lowest BCUT2D eigenvalue weighted by atomic mass is 10.3. The lowest BCUT2D eigenvalue weighted by molar-refractivity contribution is 0.624. The van der Waals surface area contributed by atoms with Crippen molar-refractivity contribution in [1.82, 2.24) is 0 Å². The largest absolute Gasteiger partial charge is 0.398 e. The van der Waals surface area contributed by atoms with Gasteiger partial charge in [0.2, 0.25) is 0 Å². The van der Waals surface area contributed by atoms with Gasteiger partial charge in [0.25, 0.3) is 0 Å². The standard InChI is InChI=1S/2C6H6FNS.Mg/c2*7-4-1-2-5(8)6(9)3-4;/h2*1-3,9H,8H2;. The molecule has 0 aliphatic rings. The van der Waals surface area contributed by atoms with E-state index in [1.54, 1.807) is 0 Å². The van der Waals surface area contributed by atoms with Gasteiger partial charge in [-0.3, -0.25) is 0 Å². The summed E-state index contributed by atoms with van der Waals surface area (Å²) in [7, 11) is 0. The van der Waals surface area contributed by atoms with E-state index in [0.29, 0.717) is 21.2 Å². The number of benzene rings is 2. The molecule has 98 valence electrons. The van der Waals surface area contributed by atoms with Gasteiger partial charge in [0.05, 0.1) is 0 Å². The van der Waals surface area contributed by atoms with E-state index >= 15 is 0 Å². The molecule has 2 nitrogen and oxygen atoms in total. The van der Waals surface area contributed by atoms with Crippen molar-refractivity contribution < 1.29 is 8.78 Å². The van der Waals surface area contributed by atoms with Gasteiger partial charge in [-0.1, -0.05) is 0 Å². The molecule has 0 unspecified atom stereocenters. The van der Waals surface area contributed by atoms with Gasteiger partial charge in [-0.15, -0.1) is 25.3 Å². The topological polar surface area (TPSA) is 52.0 Å². The summed E-state index contributed by atoms with van der Waals surface area (Å²) in [6.45, 7) is 0. The highest BCUT2D eigenvalue weighted by Gasteiger charge is 1.94. The lowest BCUT2D eigenvalue weighted by Crippen LogP contribution is -1.86. The lowest BCUT2D eigenvalue weighted by Gasteiger charge is -1.95. The SMILES string of the molecule is Nc1ccc(F)cc1S.Nc1ccc(F)cc1S.[Mg]. The number of hydrogen-bond acceptors (Lipinski definition) is 4. The molecule has 7 heteroatoms. The van der Waals surface area contributed by atoms with E-state index in [1.165, 1.54) is 36.4 Å². The Balaban J connectivity index is 0.000000324. The van der Waals surface area contributed by atoms with E-state index in [0.717, 1.165) is 0 Å². The molecule has 0 aliphatic carbocycles. The van der Waals surface area contributed by atoms with Gasteiger partial charge in [-0.25, -0.2) is 8.78 Å². The summed E-state index contributed by atoms with van der Waals surface area (Å²) in [4.78, 5) is 0.963. The van der Waals surface area contributed by atoms with Crippen molar-refractivity contribution in [3.63, 3.8) is 0 Å². The van der Waals surface area contributed by atoms with Gasteiger partial charge in [0, 0.05) is 44.2 Å². The Morgan fingerprint density at radius 3 is 1.26 bits per heavy atom. The highest BCUT2D eigenvalue weighted by Crippen LogP contribution is 2.16. The Labute approximate surface area is 137 Å². The Hall–Kier alpha value is -0.634. The summed E-state index contributed by atoms with van der Waals surface area (Å²) in [6, 6.07) is 8.12. The second-order valence-electron chi connectivity index (χ2n) is 3.41. The maximum absolute atomic E-state index is 12.2. The van der Waals surface area contributed by atoms with Crippen LogP contribution in [0.5, 0.6) is 0 Å². The van der Waals surface area contributed by atoms with Crippen molar-refractivity contribution in [3.05, 3.63) is 48.0 Å². The highest BCUT2D eigenvalue weighted by molar-refractivity contribution is 7.80. The van der Waals surface area contributed by atoms with E-state index < -0.39 is 0 Å². The molecule has 0 spiro atoms. The van der Waals surface area contributed by atoms with Crippen LogP contribution in [-0.2, 0) is 0 Å². The van der Waals surface area contributed by atoms with Crippen molar-refractivity contribution in [3.8, 4) is 0 Å². The van der Waals surface area contributed by atoms with Crippen molar-refractivity contribution >= 4 is 59.7 Å². The maximum Gasteiger partial charge on any atom is 0.124 e. The Morgan fingerprint density at radius 2 is 1.05 bits per heavy atom. The van der Waals surface area contributed by atoms with Crippen LogP contribution in [0.4, 0.5) is 20.2 Å². The van der Waals surface area contributed by atoms with Gasteiger partial charge in [-0.2, -0.15) is 0 Å². The summed E-state index contributed by atoms with van der Waals surface area (Å²) in [6.07, 6.45) is 0. The van der Waals surface area contributed by atoms with E-state index in [4.69, 9.17) is 11.5 Å². The van der Waals surface area contributed by atoms with Crippen LogP contribution in [0.1, 0.15) is 0 Å². The average Bonchev–Trinajstić information content (AvgIpc) is 2.30. The number of rotatable bonds is 0. The third-order valence-corrected chi connectivity index (χ3v) is 2.76. The van der Waals surface area contributed by atoms with Gasteiger partial charge in [0.15, 0.2) is 0 Å². The van der Waals surface area contributed by atoms with Crippen LogP contribution in [-0.4, -0.2) is 23.1 Å². The van der Waals surface area contributed by atoms with Gasteiger partial charge >= 0.3 is 0 Å². The Kier molecular flexibility index (Phi) is 8.24. The molecular weight excluding hydrogens is 299 g/mol. The van der Waals surface area contributed by atoms with Crippen LogP contribution in [0.15, 0.2) is 46.2 Å². The molecule has 4 N–H and O–H groups in total. The summed E-state index contributed by atoms with van der Waals surface area (Å²) in [5.74, 6) is -0.622. The van der Waals surface area contributed by atoms with E-state index in [-0.39, 0.29) is 34.7 Å². The predicted octanol–water partition coefficient (Wildman–Crippen LogP) is 3.01. The number of nitrogen functional groups attached to an aromatic ring is 2. The first-order valence-electron chi connectivity index (χ1n) is 4.88. The van der Waals surface area contributed by atoms with Crippen LogP contribution >= 0.6 is 25.3 Å². The van der Waals surface area contributed by atoms with Crippen molar-refractivity contribution in [2.45, 2.75) is 9.79 Å². The smallest absolute Gasteiger partial charge is 0.124 e. The molecule has 2 aromatic carbocycles. The van der Waals surface area contributed by atoms with Crippen molar-refractivity contribution in [2.24, 2.45) is 0 Å². The first-order valence-corrected chi connectivity index (χ1v) is 5.77. The van der Waals surface area contributed by atoms with E-state index in [2.05, 4.69) is 25.3 Å². The summed E-state index contributed by atoms with van der Waals surface area (Å²) in [5.41, 5.74) is 11.7. The first-order chi connectivity index (χ1) is 8.40. The molecule has 0 atom stereocenters. The number of hydrogen-bond donors (Lipinski definition) is 4. The fraction of sp³-hybridized carbons (Fsp3) is 0. The molecule has 0 fully saturated rings. The van der Waals surface area contributed by atoms with Crippen molar-refractivity contribution in [1.29, 1.82) is 0 Å². The summed E-state index contributed by atoms with van der Waals surface area (Å²) in [5, 5.41) is 0. The molecular formula is C12H12F2MgN2S2. The third-order valence-electron chi connectivity index (χ3n) is 1.98. The quantitative estimate of drug-likeness (QED) is 0.343. The molecule has 0 amide bonds. The molecule has 0 aliphatic heterocycles. The minimum absolute atomic E-state index is 0. The molecule has 0 saturated heterocycles. The summed E-state index contributed by atoms with van der Waals surface area (Å²) >= 11 is 7.81. The number of anilines is 2. The zero-order chi connectivity index (χ0) is 13.7. The number of nitrogens with two attached hydrogens (primary N) is 2. The predicted molar refractivity (Wildman–Crippen MR) is 81.9 cm³/mol. The monoisotopic (exact) mass is 310 g/mol. The minimum atomic E-state index is -0.311. The average molecular weight is 311 g/mol. The van der Waals surface area contributed by atoms with Gasteiger partial charge < -0.3 is 11.5 Å². The number of halogens is 2. The third kappa shape index (κ3) is 6.37. The zero-order valence-corrected chi connectivity index (χ0v) is 13.2. The second-order valence-corrected chi connectivity index (χ2v) is 4.37. The van der Waals surface area contributed by atoms with Crippen LogP contribution in [0, 0.1) is 11.6 Å². The van der Waals surface area contributed by atoms with Crippen LogP contribution < -0.4 is 11.5 Å². The van der Waals surface area contributed by atoms with Gasteiger partial charge in [0.1, 0.15) is 11.6 Å².